The molecule has 0 aliphatic heterocycles. The van der Waals surface area contributed by atoms with Gasteiger partial charge in [-0.25, -0.2) is 9.13 Å². The number of carbonyl (C=O) groups is 4. The fraction of sp³-hybridized carbons (Fsp3) is 0.947. The number of hydrogen-bond acceptors (Lipinski definition) is 15. The molecule has 0 radical (unpaired) electrons. The van der Waals surface area contributed by atoms with Gasteiger partial charge in [0, 0.05) is 25.7 Å². The van der Waals surface area contributed by atoms with E-state index in [0.717, 1.165) is 114 Å². The van der Waals surface area contributed by atoms with Crippen LogP contribution in [0.15, 0.2) is 0 Å². The van der Waals surface area contributed by atoms with Crippen LogP contribution in [-0.2, 0) is 65.4 Å². The maximum atomic E-state index is 13.1. The lowest BCUT2D eigenvalue weighted by Crippen LogP contribution is -2.30. The summed E-state index contributed by atoms with van der Waals surface area (Å²) in [6, 6.07) is 0. The lowest BCUT2D eigenvalue weighted by molar-refractivity contribution is -0.161. The molecule has 0 aliphatic carbocycles. The summed E-state index contributed by atoms with van der Waals surface area (Å²) >= 11 is 0. The Morgan fingerprint density at radius 2 is 0.442 bits per heavy atom. The monoisotopic (exact) mass is 1400 g/mol. The van der Waals surface area contributed by atoms with E-state index in [1.807, 2.05) is 0 Å². The molecule has 0 saturated carbocycles. The van der Waals surface area contributed by atoms with Crippen LogP contribution in [0.4, 0.5) is 0 Å². The second-order valence-electron chi connectivity index (χ2n) is 29.3. The average molecular weight is 1400 g/mol. The molecule has 0 bridgehead atoms. The van der Waals surface area contributed by atoms with Crippen LogP contribution >= 0.6 is 15.6 Å². The highest BCUT2D eigenvalue weighted by Gasteiger charge is 2.30. The number of phosphoric acid groups is 2. The van der Waals surface area contributed by atoms with Crippen LogP contribution in [0.25, 0.3) is 0 Å². The van der Waals surface area contributed by atoms with E-state index in [-0.39, 0.29) is 25.7 Å². The van der Waals surface area contributed by atoms with Gasteiger partial charge >= 0.3 is 39.5 Å². The molecule has 0 rings (SSSR count). The standard InChI is InChI=1S/C76H148O17P2/c1-66(2)52-44-36-28-21-17-15-13-11-9-10-12-14-16-18-24-33-42-50-58-75(80)92-71(62-86-73(78)56-48-40-32-25-19-22-29-37-45-53-67(3)4)64-90-94(82,83)88-60-70(77)61-89-95(84,85)91-65-72(63-87-74(79)57-49-41-35-27-31-39-47-55-69(7)8)93-76(81)59-51-43-34-26-20-23-30-38-46-54-68(5)6/h66-72,77H,9-65H2,1-8H3,(H,82,83)(H,84,85)/t70?,71-,72-/m1/s1. The van der Waals surface area contributed by atoms with Crippen molar-refractivity contribution in [2.45, 2.75) is 401 Å². The zero-order chi connectivity index (χ0) is 70.3. The van der Waals surface area contributed by atoms with Gasteiger partial charge < -0.3 is 33.8 Å². The third-order valence-electron chi connectivity index (χ3n) is 17.6. The van der Waals surface area contributed by atoms with Gasteiger partial charge in [-0.2, -0.15) is 0 Å². The third-order valence-corrected chi connectivity index (χ3v) is 19.5. The van der Waals surface area contributed by atoms with E-state index in [2.05, 4.69) is 55.4 Å². The van der Waals surface area contributed by atoms with Gasteiger partial charge in [0.2, 0.25) is 0 Å². The summed E-state index contributed by atoms with van der Waals surface area (Å²) in [4.78, 5) is 72.7. The lowest BCUT2D eigenvalue weighted by Gasteiger charge is -2.21. The Morgan fingerprint density at radius 1 is 0.263 bits per heavy atom. The molecule has 17 nitrogen and oxygen atoms in total. The summed E-state index contributed by atoms with van der Waals surface area (Å²) in [5.74, 6) is 0.882. The third kappa shape index (κ3) is 70.3. The Hall–Kier alpha value is -1.94. The van der Waals surface area contributed by atoms with Crippen LogP contribution in [0, 0.1) is 23.7 Å². The summed E-state index contributed by atoms with van der Waals surface area (Å²) in [5, 5.41) is 10.6. The molecule has 19 heteroatoms. The Bertz CT molecular complexity index is 1870. The van der Waals surface area contributed by atoms with E-state index in [4.69, 9.17) is 37.0 Å². The predicted molar refractivity (Wildman–Crippen MR) is 386 cm³/mol. The first-order valence-corrected chi connectivity index (χ1v) is 42.2. The van der Waals surface area contributed by atoms with E-state index in [1.54, 1.807) is 0 Å². The summed E-state index contributed by atoms with van der Waals surface area (Å²) in [5.41, 5.74) is 0. The molecular weight excluding hydrogens is 1250 g/mol. The van der Waals surface area contributed by atoms with Gasteiger partial charge in [0.25, 0.3) is 0 Å². The Balaban J connectivity index is 5.20. The molecular formula is C76H148O17P2. The smallest absolute Gasteiger partial charge is 0.462 e. The van der Waals surface area contributed by atoms with Crippen LogP contribution < -0.4 is 0 Å². The first-order chi connectivity index (χ1) is 45.6. The number of rotatable bonds is 73. The summed E-state index contributed by atoms with van der Waals surface area (Å²) in [7, 11) is -9.91. The van der Waals surface area contributed by atoms with Crippen LogP contribution in [0.3, 0.4) is 0 Å². The van der Waals surface area contributed by atoms with Crippen molar-refractivity contribution < 1.29 is 80.2 Å². The fourth-order valence-electron chi connectivity index (χ4n) is 11.6. The highest BCUT2D eigenvalue weighted by atomic mass is 31.2. The van der Waals surface area contributed by atoms with Crippen molar-refractivity contribution in [1.29, 1.82) is 0 Å². The molecule has 95 heavy (non-hydrogen) atoms. The number of ether oxygens (including phenoxy) is 4. The molecule has 0 aromatic carbocycles. The average Bonchev–Trinajstić information content (AvgIpc) is 1.78. The molecule has 0 amide bonds. The van der Waals surface area contributed by atoms with Crippen molar-refractivity contribution in [2.75, 3.05) is 39.6 Å². The van der Waals surface area contributed by atoms with Crippen LogP contribution in [-0.4, -0.2) is 96.7 Å². The van der Waals surface area contributed by atoms with E-state index in [1.165, 1.54) is 180 Å². The van der Waals surface area contributed by atoms with Crippen molar-refractivity contribution in [1.82, 2.24) is 0 Å². The van der Waals surface area contributed by atoms with Gasteiger partial charge in [-0.1, -0.05) is 331 Å². The Morgan fingerprint density at radius 3 is 0.653 bits per heavy atom. The van der Waals surface area contributed by atoms with Crippen LogP contribution in [0.1, 0.15) is 383 Å². The number of phosphoric ester groups is 2. The maximum Gasteiger partial charge on any atom is 0.472 e. The molecule has 564 valence electrons. The lowest BCUT2D eigenvalue weighted by atomic mass is 10.0. The number of unbranched alkanes of at least 4 members (excludes halogenated alkanes) is 39. The highest BCUT2D eigenvalue weighted by molar-refractivity contribution is 7.47. The summed E-state index contributed by atoms with van der Waals surface area (Å²) in [6.07, 6.45) is 50.2. The molecule has 0 heterocycles. The molecule has 0 aromatic rings. The van der Waals surface area contributed by atoms with Crippen molar-refractivity contribution in [2.24, 2.45) is 23.7 Å². The molecule has 0 saturated heterocycles. The van der Waals surface area contributed by atoms with Crippen molar-refractivity contribution in [3.05, 3.63) is 0 Å². The maximum absolute atomic E-state index is 13.1. The first-order valence-electron chi connectivity index (χ1n) is 39.2. The Kier molecular flexibility index (Phi) is 64.0. The zero-order valence-corrected chi connectivity index (χ0v) is 64.1. The van der Waals surface area contributed by atoms with Crippen molar-refractivity contribution in [3.63, 3.8) is 0 Å². The molecule has 3 N–H and O–H groups in total. The first kappa shape index (κ1) is 93.1. The van der Waals surface area contributed by atoms with E-state index < -0.39 is 97.5 Å². The van der Waals surface area contributed by atoms with Gasteiger partial charge in [0.05, 0.1) is 26.4 Å². The fourth-order valence-corrected chi connectivity index (χ4v) is 13.1. The number of aliphatic hydroxyl groups excluding tert-OH is 1. The predicted octanol–water partition coefficient (Wildman–Crippen LogP) is 22.0. The van der Waals surface area contributed by atoms with E-state index in [9.17, 15) is 43.2 Å². The topological polar surface area (TPSA) is 237 Å². The number of hydrogen-bond donors (Lipinski definition) is 3. The van der Waals surface area contributed by atoms with Gasteiger partial charge in [-0.15, -0.1) is 0 Å². The zero-order valence-electron chi connectivity index (χ0n) is 62.3. The minimum absolute atomic E-state index is 0.104. The quantitative estimate of drug-likeness (QED) is 0.0222. The van der Waals surface area contributed by atoms with Crippen LogP contribution in [0.2, 0.25) is 0 Å². The van der Waals surface area contributed by atoms with E-state index in [0.29, 0.717) is 31.6 Å². The van der Waals surface area contributed by atoms with Gasteiger partial charge in [-0.3, -0.25) is 37.3 Å². The molecule has 5 atom stereocenters. The van der Waals surface area contributed by atoms with Crippen molar-refractivity contribution in [3.8, 4) is 0 Å². The highest BCUT2D eigenvalue weighted by Crippen LogP contribution is 2.45. The number of esters is 4. The van der Waals surface area contributed by atoms with E-state index >= 15 is 0 Å². The molecule has 0 aliphatic rings. The van der Waals surface area contributed by atoms with Gasteiger partial charge in [0.1, 0.15) is 19.3 Å². The van der Waals surface area contributed by atoms with Crippen LogP contribution in [0.5, 0.6) is 0 Å². The molecule has 0 aromatic heterocycles. The molecule has 0 fully saturated rings. The summed E-state index contributed by atoms with van der Waals surface area (Å²) in [6.45, 7) is 14.1. The largest absolute Gasteiger partial charge is 0.472 e. The normalized spacial score (nSPS) is 14.1. The van der Waals surface area contributed by atoms with Crippen molar-refractivity contribution >= 4 is 39.5 Å². The second-order valence-corrected chi connectivity index (χ2v) is 32.2. The minimum Gasteiger partial charge on any atom is -0.462 e. The minimum atomic E-state index is -4.96. The van der Waals surface area contributed by atoms with Gasteiger partial charge in [0.15, 0.2) is 12.2 Å². The Labute approximate surface area is 581 Å². The molecule has 3 unspecified atom stereocenters. The SMILES string of the molecule is CC(C)CCCCCCCCCCCCCCCCCCCCC(=O)O[C@H](COC(=O)CCCCCCCCCCCC(C)C)COP(=O)(O)OCC(O)COP(=O)(O)OC[C@@H](COC(=O)CCCCCCCCCC(C)C)OC(=O)CCCCCCCCCCCC(C)C. The molecule has 0 spiro atoms. The number of carbonyl (C=O) groups excluding carboxylic acids is 4. The number of aliphatic hydroxyl groups is 1. The van der Waals surface area contributed by atoms with Gasteiger partial charge in [-0.05, 0) is 49.4 Å². The summed E-state index contributed by atoms with van der Waals surface area (Å²) < 4.78 is 68.5. The second kappa shape index (κ2) is 65.4.